The van der Waals surface area contributed by atoms with Crippen LogP contribution in [0.4, 0.5) is 0 Å². The summed E-state index contributed by atoms with van der Waals surface area (Å²) in [5.74, 6) is 0.581. The maximum Gasteiger partial charge on any atom is 0.220 e. The SMILES string of the molecule is O=C(CCCCl)NCCCCO. The quantitative estimate of drug-likeness (QED) is 0.466. The van der Waals surface area contributed by atoms with Gasteiger partial charge in [-0.25, -0.2) is 0 Å². The molecule has 0 unspecified atom stereocenters. The van der Waals surface area contributed by atoms with E-state index in [9.17, 15) is 4.79 Å². The monoisotopic (exact) mass is 193 g/mol. The molecule has 0 aliphatic carbocycles. The van der Waals surface area contributed by atoms with E-state index in [2.05, 4.69) is 5.32 Å². The molecule has 0 spiro atoms. The summed E-state index contributed by atoms with van der Waals surface area (Å²) in [6.07, 6.45) is 2.81. The second kappa shape index (κ2) is 8.81. The Morgan fingerprint density at radius 1 is 1.33 bits per heavy atom. The number of aliphatic hydroxyl groups is 1. The fourth-order valence-corrected chi connectivity index (χ4v) is 0.914. The molecule has 72 valence electrons. The Kier molecular flexibility index (Phi) is 8.61. The Bertz CT molecular complexity index is 120. The highest BCUT2D eigenvalue weighted by molar-refractivity contribution is 6.17. The van der Waals surface area contributed by atoms with Gasteiger partial charge in [-0.05, 0) is 19.3 Å². The third kappa shape index (κ3) is 7.82. The first-order valence-electron chi connectivity index (χ1n) is 4.24. The predicted molar refractivity (Wildman–Crippen MR) is 49.3 cm³/mol. The van der Waals surface area contributed by atoms with E-state index in [0.717, 1.165) is 19.3 Å². The Morgan fingerprint density at radius 3 is 2.67 bits per heavy atom. The first-order valence-corrected chi connectivity index (χ1v) is 4.78. The zero-order valence-corrected chi connectivity index (χ0v) is 7.94. The van der Waals surface area contributed by atoms with E-state index in [1.807, 2.05) is 0 Å². The van der Waals surface area contributed by atoms with E-state index >= 15 is 0 Å². The summed E-state index contributed by atoms with van der Waals surface area (Å²) in [7, 11) is 0. The summed E-state index contributed by atoms with van der Waals surface area (Å²) in [5.41, 5.74) is 0. The molecule has 0 aliphatic rings. The van der Waals surface area contributed by atoms with Crippen molar-refractivity contribution in [2.24, 2.45) is 0 Å². The number of halogens is 1. The molecule has 0 aromatic rings. The molecule has 0 fully saturated rings. The largest absolute Gasteiger partial charge is 0.396 e. The van der Waals surface area contributed by atoms with Crippen molar-refractivity contribution < 1.29 is 9.90 Å². The molecule has 4 heteroatoms. The van der Waals surface area contributed by atoms with Gasteiger partial charge in [-0.3, -0.25) is 4.79 Å². The van der Waals surface area contributed by atoms with Gasteiger partial charge in [-0.2, -0.15) is 0 Å². The summed E-state index contributed by atoms with van der Waals surface area (Å²) in [4.78, 5) is 10.9. The molecule has 0 saturated heterocycles. The van der Waals surface area contributed by atoms with Gasteiger partial charge in [-0.15, -0.1) is 11.6 Å². The average molecular weight is 194 g/mol. The van der Waals surface area contributed by atoms with E-state index in [1.165, 1.54) is 0 Å². The van der Waals surface area contributed by atoms with Crippen LogP contribution in [0.15, 0.2) is 0 Å². The Balaban J connectivity index is 3.08. The van der Waals surface area contributed by atoms with Crippen LogP contribution in [0, 0.1) is 0 Å². The average Bonchev–Trinajstić information content (AvgIpc) is 2.09. The van der Waals surface area contributed by atoms with Crippen LogP contribution in [-0.2, 0) is 4.79 Å². The van der Waals surface area contributed by atoms with Crippen molar-refractivity contribution in [3.05, 3.63) is 0 Å². The van der Waals surface area contributed by atoms with Gasteiger partial charge in [0.25, 0.3) is 0 Å². The fraction of sp³-hybridized carbons (Fsp3) is 0.875. The van der Waals surface area contributed by atoms with Gasteiger partial charge in [0.1, 0.15) is 0 Å². The smallest absolute Gasteiger partial charge is 0.220 e. The maximum atomic E-state index is 10.9. The molecule has 0 rings (SSSR count). The molecule has 12 heavy (non-hydrogen) atoms. The lowest BCUT2D eigenvalue weighted by molar-refractivity contribution is -0.121. The Labute approximate surface area is 78.1 Å². The third-order valence-corrected chi connectivity index (χ3v) is 1.71. The standard InChI is InChI=1S/C8H16ClNO2/c9-5-3-4-8(12)10-6-1-2-7-11/h11H,1-7H2,(H,10,12). The van der Waals surface area contributed by atoms with Gasteiger partial charge in [0.05, 0.1) is 0 Å². The Hall–Kier alpha value is -0.280. The van der Waals surface area contributed by atoms with Gasteiger partial charge >= 0.3 is 0 Å². The second-order valence-corrected chi connectivity index (χ2v) is 2.95. The number of unbranched alkanes of at least 4 members (excludes halogenated alkanes) is 1. The molecule has 0 atom stereocenters. The van der Waals surface area contributed by atoms with Crippen molar-refractivity contribution in [3.63, 3.8) is 0 Å². The van der Waals surface area contributed by atoms with E-state index in [1.54, 1.807) is 0 Å². The summed E-state index contributed by atoms with van der Waals surface area (Å²) in [6.45, 7) is 0.846. The minimum Gasteiger partial charge on any atom is -0.396 e. The summed E-state index contributed by atoms with van der Waals surface area (Å²) >= 11 is 5.42. The van der Waals surface area contributed by atoms with Crippen LogP contribution < -0.4 is 5.32 Å². The van der Waals surface area contributed by atoms with Crippen molar-refractivity contribution in [2.45, 2.75) is 25.7 Å². The minimum absolute atomic E-state index is 0.0496. The van der Waals surface area contributed by atoms with Crippen LogP contribution >= 0.6 is 11.6 Å². The van der Waals surface area contributed by atoms with Crippen LogP contribution in [0.3, 0.4) is 0 Å². The summed E-state index contributed by atoms with van der Waals surface area (Å²) in [6, 6.07) is 0. The third-order valence-electron chi connectivity index (χ3n) is 1.44. The molecule has 2 N–H and O–H groups in total. The number of alkyl halides is 1. The van der Waals surface area contributed by atoms with Gasteiger partial charge < -0.3 is 10.4 Å². The molecule has 1 amide bonds. The van der Waals surface area contributed by atoms with Crippen molar-refractivity contribution in [2.75, 3.05) is 19.0 Å². The number of carbonyl (C=O) groups excluding carboxylic acids is 1. The first-order chi connectivity index (χ1) is 5.81. The van der Waals surface area contributed by atoms with Gasteiger partial charge in [0.15, 0.2) is 0 Å². The normalized spacial score (nSPS) is 9.83. The summed E-state index contributed by atoms with van der Waals surface area (Å²) in [5, 5.41) is 11.2. The molecule has 0 radical (unpaired) electrons. The van der Waals surface area contributed by atoms with E-state index in [-0.39, 0.29) is 12.5 Å². The second-order valence-electron chi connectivity index (χ2n) is 2.57. The number of rotatable bonds is 7. The van der Waals surface area contributed by atoms with Crippen LogP contribution in [-0.4, -0.2) is 30.0 Å². The van der Waals surface area contributed by atoms with E-state index in [0.29, 0.717) is 18.8 Å². The maximum absolute atomic E-state index is 10.9. The van der Waals surface area contributed by atoms with Crippen molar-refractivity contribution in [1.29, 1.82) is 0 Å². The van der Waals surface area contributed by atoms with Crippen LogP contribution in [0.5, 0.6) is 0 Å². The Morgan fingerprint density at radius 2 is 2.08 bits per heavy atom. The van der Waals surface area contributed by atoms with Gasteiger partial charge in [0.2, 0.25) is 5.91 Å². The molecule has 0 saturated carbocycles. The fourth-order valence-electron chi connectivity index (χ4n) is 0.780. The van der Waals surface area contributed by atoms with Crippen LogP contribution in [0.1, 0.15) is 25.7 Å². The minimum atomic E-state index is 0.0496. The lowest BCUT2D eigenvalue weighted by Gasteiger charge is -2.02. The molecule has 3 nitrogen and oxygen atoms in total. The molecule has 0 bridgehead atoms. The highest BCUT2D eigenvalue weighted by Gasteiger charge is 1.98. The van der Waals surface area contributed by atoms with Crippen LogP contribution in [0.2, 0.25) is 0 Å². The highest BCUT2D eigenvalue weighted by atomic mass is 35.5. The zero-order chi connectivity index (χ0) is 9.23. The molecular weight excluding hydrogens is 178 g/mol. The van der Waals surface area contributed by atoms with Gasteiger partial charge in [-0.1, -0.05) is 0 Å². The van der Waals surface area contributed by atoms with E-state index in [4.69, 9.17) is 16.7 Å². The number of nitrogens with one attached hydrogen (secondary N) is 1. The van der Waals surface area contributed by atoms with Crippen molar-refractivity contribution >= 4 is 17.5 Å². The number of carbonyl (C=O) groups is 1. The molecule has 0 aliphatic heterocycles. The molecule has 0 aromatic heterocycles. The molecule has 0 heterocycles. The lowest BCUT2D eigenvalue weighted by atomic mass is 10.3. The number of hydrogen-bond donors (Lipinski definition) is 2. The number of amides is 1. The molecule has 0 aromatic carbocycles. The summed E-state index contributed by atoms with van der Waals surface area (Å²) < 4.78 is 0. The number of hydrogen-bond acceptors (Lipinski definition) is 2. The topological polar surface area (TPSA) is 49.3 Å². The zero-order valence-electron chi connectivity index (χ0n) is 7.18. The predicted octanol–water partition coefficient (Wildman–Crippen LogP) is 0.894. The van der Waals surface area contributed by atoms with E-state index < -0.39 is 0 Å². The highest BCUT2D eigenvalue weighted by Crippen LogP contribution is 1.92. The lowest BCUT2D eigenvalue weighted by Crippen LogP contribution is -2.24. The number of aliphatic hydroxyl groups excluding tert-OH is 1. The van der Waals surface area contributed by atoms with Crippen LogP contribution in [0.25, 0.3) is 0 Å². The molecular formula is C8H16ClNO2. The van der Waals surface area contributed by atoms with Crippen molar-refractivity contribution in [1.82, 2.24) is 5.32 Å². The first kappa shape index (κ1) is 11.7. The van der Waals surface area contributed by atoms with Gasteiger partial charge in [0, 0.05) is 25.5 Å². The van der Waals surface area contributed by atoms with Crippen molar-refractivity contribution in [3.8, 4) is 0 Å².